The molecule has 0 atom stereocenters. The fourth-order valence-corrected chi connectivity index (χ4v) is 1.28. The average Bonchev–Trinajstić information content (AvgIpc) is 2.57. The first-order valence-corrected chi connectivity index (χ1v) is 5.48. The molecule has 4 heteroatoms. The molecule has 4 nitrogen and oxygen atoms in total. The summed E-state index contributed by atoms with van der Waals surface area (Å²) in [6.45, 7) is 6.71. The summed E-state index contributed by atoms with van der Waals surface area (Å²) >= 11 is 0. The van der Waals surface area contributed by atoms with Gasteiger partial charge < -0.3 is 10.1 Å². The molecule has 0 aliphatic carbocycles. The van der Waals surface area contributed by atoms with E-state index in [0.29, 0.717) is 12.6 Å². The molecule has 1 aromatic rings. The van der Waals surface area contributed by atoms with Crippen LogP contribution in [0.1, 0.15) is 26.0 Å². The van der Waals surface area contributed by atoms with Crippen LogP contribution in [0.5, 0.6) is 0 Å². The molecule has 1 rings (SSSR count). The highest BCUT2D eigenvalue weighted by Gasteiger charge is 1.96. The van der Waals surface area contributed by atoms with Crippen molar-refractivity contribution in [1.29, 1.82) is 0 Å². The zero-order valence-corrected chi connectivity index (χ0v) is 9.86. The molecule has 0 radical (unpaired) electrons. The fraction of sp³-hybridized carbons (Fsp3) is 0.727. The molecule has 0 aliphatic heterocycles. The Labute approximate surface area is 91.6 Å². The summed E-state index contributed by atoms with van der Waals surface area (Å²) in [5.41, 5.74) is 0.995. The van der Waals surface area contributed by atoms with E-state index >= 15 is 0 Å². The molecule has 0 amide bonds. The Morgan fingerprint density at radius 1 is 1.53 bits per heavy atom. The van der Waals surface area contributed by atoms with Gasteiger partial charge in [0.1, 0.15) is 0 Å². The monoisotopic (exact) mass is 211 g/mol. The minimum absolute atomic E-state index is 0.556. The van der Waals surface area contributed by atoms with Gasteiger partial charge in [0.05, 0.1) is 12.3 Å². The van der Waals surface area contributed by atoms with Crippen molar-refractivity contribution >= 4 is 0 Å². The molecule has 86 valence electrons. The largest absolute Gasteiger partial charge is 0.375 e. The summed E-state index contributed by atoms with van der Waals surface area (Å²) in [6, 6.07) is 2.53. The van der Waals surface area contributed by atoms with Crippen LogP contribution in [0, 0.1) is 0 Å². The van der Waals surface area contributed by atoms with Gasteiger partial charge in [-0.2, -0.15) is 5.10 Å². The minimum Gasteiger partial charge on any atom is -0.375 e. The summed E-state index contributed by atoms with van der Waals surface area (Å²) in [7, 11) is 1.91. The van der Waals surface area contributed by atoms with Crippen molar-refractivity contribution in [3.63, 3.8) is 0 Å². The highest BCUT2D eigenvalue weighted by atomic mass is 16.5. The Bertz CT molecular complexity index is 271. The van der Waals surface area contributed by atoms with Crippen LogP contribution >= 0.6 is 0 Å². The number of nitrogens with one attached hydrogen (secondary N) is 1. The van der Waals surface area contributed by atoms with Crippen molar-refractivity contribution in [3.8, 4) is 0 Å². The van der Waals surface area contributed by atoms with Gasteiger partial charge in [-0.25, -0.2) is 0 Å². The molecule has 0 spiro atoms. The normalized spacial score (nSPS) is 11.2. The molecule has 0 bridgehead atoms. The maximum atomic E-state index is 5.50. The number of nitrogens with zero attached hydrogens (tertiary/aromatic N) is 2. The zero-order valence-electron chi connectivity index (χ0n) is 9.86. The number of hydrogen-bond donors (Lipinski definition) is 1. The highest BCUT2D eigenvalue weighted by Crippen LogP contribution is 1.97. The predicted octanol–water partition coefficient (Wildman–Crippen LogP) is 1.32. The maximum absolute atomic E-state index is 5.50. The van der Waals surface area contributed by atoms with E-state index in [1.54, 1.807) is 4.68 Å². The Morgan fingerprint density at radius 2 is 2.33 bits per heavy atom. The molecule has 0 unspecified atom stereocenters. The molecule has 1 heterocycles. The Hall–Kier alpha value is -0.870. The summed E-state index contributed by atoms with van der Waals surface area (Å²) in [5.74, 6) is 0. The van der Waals surface area contributed by atoms with Crippen LogP contribution in [0.2, 0.25) is 0 Å². The third-order valence-electron chi connectivity index (χ3n) is 2.04. The van der Waals surface area contributed by atoms with Gasteiger partial charge in [0, 0.05) is 25.9 Å². The van der Waals surface area contributed by atoms with E-state index in [9.17, 15) is 0 Å². The van der Waals surface area contributed by atoms with Gasteiger partial charge in [-0.15, -0.1) is 0 Å². The number of rotatable bonds is 7. The summed E-state index contributed by atoms with van der Waals surface area (Å²) in [6.07, 6.45) is 2.98. The minimum atomic E-state index is 0.556. The number of aromatic nitrogens is 2. The van der Waals surface area contributed by atoms with Gasteiger partial charge in [-0.05, 0) is 19.0 Å². The van der Waals surface area contributed by atoms with E-state index in [0.717, 1.165) is 25.3 Å². The number of hydrogen-bond acceptors (Lipinski definition) is 3. The molecular weight excluding hydrogens is 190 g/mol. The SMILES string of the molecule is CC(C)NCCCOCc1ccn(C)n1. The van der Waals surface area contributed by atoms with Crippen LogP contribution in [-0.2, 0) is 18.4 Å². The van der Waals surface area contributed by atoms with Crippen LogP contribution < -0.4 is 5.32 Å². The van der Waals surface area contributed by atoms with Crippen molar-refractivity contribution in [2.24, 2.45) is 7.05 Å². The molecule has 15 heavy (non-hydrogen) atoms. The quantitative estimate of drug-likeness (QED) is 0.691. The summed E-state index contributed by atoms with van der Waals surface area (Å²) in [5, 5.41) is 7.58. The maximum Gasteiger partial charge on any atom is 0.0906 e. The molecule has 0 saturated heterocycles. The lowest BCUT2D eigenvalue weighted by molar-refractivity contribution is 0.115. The Kier molecular flexibility index (Phi) is 5.36. The van der Waals surface area contributed by atoms with E-state index < -0.39 is 0 Å². The van der Waals surface area contributed by atoms with Gasteiger partial charge in [0.15, 0.2) is 0 Å². The van der Waals surface area contributed by atoms with Gasteiger partial charge in [0.25, 0.3) is 0 Å². The lowest BCUT2D eigenvalue weighted by Crippen LogP contribution is -2.24. The molecule has 0 aromatic carbocycles. The lowest BCUT2D eigenvalue weighted by Gasteiger charge is -2.07. The second-order valence-corrected chi connectivity index (χ2v) is 4.00. The first kappa shape index (κ1) is 12.2. The lowest BCUT2D eigenvalue weighted by atomic mass is 10.3. The van der Waals surface area contributed by atoms with Crippen molar-refractivity contribution in [1.82, 2.24) is 15.1 Å². The van der Waals surface area contributed by atoms with Gasteiger partial charge >= 0.3 is 0 Å². The molecule has 1 aromatic heterocycles. The number of aryl methyl sites for hydroxylation is 1. The van der Waals surface area contributed by atoms with Gasteiger partial charge in [-0.1, -0.05) is 13.8 Å². The fourth-order valence-electron chi connectivity index (χ4n) is 1.28. The predicted molar refractivity (Wildman–Crippen MR) is 60.6 cm³/mol. The molecule has 0 saturated carbocycles. The van der Waals surface area contributed by atoms with Crippen molar-refractivity contribution < 1.29 is 4.74 Å². The van der Waals surface area contributed by atoms with Gasteiger partial charge in [0.2, 0.25) is 0 Å². The van der Waals surface area contributed by atoms with E-state index in [4.69, 9.17) is 4.74 Å². The zero-order chi connectivity index (χ0) is 11.1. The molecule has 0 fully saturated rings. The molecular formula is C11H21N3O. The number of ether oxygens (including phenoxy) is 1. The Morgan fingerprint density at radius 3 is 2.93 bits per heavy atom. The average molecular weight is 211 g/mol. The molecule has 0 aliphatic rings. The van der Waals surface area contributed by atoms with E-state index in [1.165, 1.54) is 0 Å². The van der Waals surface area contributed by atoms with Crippen molar-refractivity contribution in [3.05, 3.63) is 18.0 Å². The standard InChI is InChI=1S/C11H21N3O/c1-10(2)12-6-4-8-15-9-11-5-7-14(3)13-11/h5,7,10,12H,4,6,8-9H2,1-3H3. The van der Waals surface area contributed by atoms with Crippen molar-refractivity contribution in [2.75, 3.05) is 13.2 Å². The first-order valence-electron chi connectivity index (χ1n) is 5.48. The second-order valence-electron chi connectivity index (χ2n) is 4.00. The van der Waals surface area contributed by atoms with E-state index in [-0.39, 0.29) is 0 Å². The van der Waals surface area contributed by atoms with E-state index in [1.807, 2.05) is 19.3 Å². The van der Waals surface area contributed by atoms with Crippen LogP contribution in [0.25, 0.3) is 0 Å². The topological polar surface area (TPSA) is 39.1 Å². The molecule has 1 N–H and O–H groups in total. The van der Waals surface area contributed by atoms with Crippen LogP contribution in [-0.4, -0.2) is 29.0 Å². The third kappa shape index (κ3) is 5.54. The Balaban J connectivity index is 1.98. The van der Waals surface area contributed by atoms with Crippen LogP contribution in [0.3, 0.4) is 0 Å². The van der Waals surface area contributed by atoms with Crippen molar-refractivity contribution in [2.45, 2.75) is 32.9 Å². The third-order valence-corrected chi connectivity index (χ3v) is 2.04. The van der Waals surface area contributed by atoms with Gasteiger partial charge in [-0.3, -0.25) is 4.68 Å². The second kappa shape index (κ2) is 6.58. The highest BCUT2D eigenvalue weighted by molar-refractivity contribution is 4.96. The summed E-state index contributed by atoms with van der Waals surface area (Å²) in [4.78, 5) is 0. The summed E-state index contributed by atoms with van der Waals surface area (Å²) < 4.78 is 7.29. The first-order chi connectivity index (χ1) is 7.18. The van der Waals surface area contributed by atoms with Crippen LogP contribution in [0.15, 0.2) is 12.3 Å². The van der Waals surface area contributed by atoms with E-state index in [2.05, 4.69) is 24.3 Å². The smallest absolute Gasteiger partial charge is 0.0906 e. The van der Waals surface area contributed by atoms with Crippen LogP contribution in [0.4, 0.5) is 0 Å².